The van der Waals surface area contributed by atoms with E-state index in [2.05, 4.69) is 21.2 Å². The minimum absolute atomic E-state index is 0.0988. The molecule has 0 fully saturated rings. The zero-order chi connectivity index (χ0) is 16.7. The summed E-state index contributed by atoms with van der Waals surface area (Å²) < 4.78 is 0.988. The Hall–Kier alpha value is -2.40. The lowest BCUT2D eigenvalue weighted by Gasteiger charge is -2.04. The van der Waals surface area contributed by atoms with Crippen LogP contribution >= 0.6 is 15.9 Å². The molecule has 2 aromatic carbocycles. The Morgan fingerprint density at radius 3 is 2.30 bits per heavy atom. The van der Waals surface area contributed by atoms with Crippen molar-refractivity contribution >= 4 is 39.6 Å². The number of amides is 1. The molecule has 2 N–H and O–H groups in total. The van der Waals surface area contributed by atoms with Crippen LogP contribution < -0.4 is 5.32 Å². The predicted octanol–water partition coefficient (Wildman–Crippen LogP) is 4.12. The number of benzene rings is 2. The predicted molar refractivity (Wildman–Crippen MR) is 94.2 cm³/mol. The van der Waals surface area contributed by atoms with Gasteiger partial charge in [-0.25, -0.2) is 0 Å². The second-order valence-corrected chi connectivity index (χ2v) is 5.88. The van der Waals surface area contributed by atoms with Crippen molar-refractivity contribution < 1.29 is 14.7 Å². The Bertz CT molecular complexity index is 706. The van der Waals surface area contributed by atoms with Gasteiger partial charge in [0.15, 0.2) is 0 Å². The van der Waals surface area contributed by atoms with E-state index in [1.54, 1.807) is 18.2 Å². The summed E-state index contributed by atoms with van der Waals surface area (Å²) in [5.74, 6) is -1.04. The van der Waals surface area contributed by atoms with E-state index < -0.39 is 5.97 Å². The highest BCUT2D eigenvalue weighted by molar-refractivity contribution is 9.10. The molecule has 23 heavy (non-hydrogen) atoms. The molecule has 0 aromatic heterocycles. The standard InChI is InChI=1S/C18H16BrNO3/c19-15-7-1-13(2-8-15)5-11-17(21)20-16-9-3-14(4-10-16)6-12-18(22)23/h1-5,7-11H,6,12H2,(H,20,21)(H,22,23)/b11-5+. The number of carbonyl (C=O) groups is 2. The molecule has 4 nitrogen and oxygen atoms in total. The molecule has 0 spiro atoms. The Balaban J connectivity index is 1.89. The average molecular weight is 374 g/mol. The fraction of sp³-hybridized carbons (Fsp3) is 0.111. The van der Waals surface area contributed by atoms with Crippen molar-refractivity contribution in [2.45, 2.75) is 12.8 Å². The number of hydrogen-bond acceptors (Lipinski definition) is 2. The molecule has 5 heteroatoms. The molecule has 0 aliphatic rings. The van der Waals surface area contributed by atoms with Gasteiger partial charge in [0.25, 0.3) is 0 Å². The number of aliphatic carboxylic acids is 1. The number of carboxylic acid groups (broad SMARTS) is 1. The fourth-order valence-electron chi connectivity index (χ4n) is 1.94. The lowest BCUT2D eigenvalue weighted by atomic mass is 10.1. The largest absolute Gasteiger partial charge is 0.481 e. The van der Waals surface area contributed by atoms with Gasteiger partial charge >= 0.3 is 5.97 Å². The second kappa shape index (κ2) is 8.29. The van der Waals surface area contributed by atoms with Crippen LogP contribution in [0.2, 0.25) is 0 Å². The van der Waals surface area contributed by atoms with Crippen molar-refractivity contribution in [3.05, 3.63) is 70.2 Å². The molecule has 0 aliphatic heterocycles. The first-order valence-electron chi connectivity index (χ1n) is 7.08. The third-order valence-electron chi connectivity index (χ3n) is 3.15. The van der Waals surface area contributed by atoms with E-state index >= 15 is 0 Å². The maximum Gasteiger partial charge on any atom is 0.303 e. The van der Waals surface area contributed by atoms with E-state index in [4.69, 9.17) is 5.11 Å². The molecule has 0 atom stereocenters. The van der Waals surface area contributed by atoms with Crippen LogP contribution in [0, 0.1) is 0 Å². The summed E-state index contributed by atoms with van der Waals surface area (Å²) in [7, 11) is 0. The van der Waals surface area contributed by atoms with Gasteiger partial charge in [-0.05, 0) is 47.9 Å². The van der Waals surface area contributed by atoms with Gasteiger partial charge < -0.3 is 10.4 Å². The third-order valence-corrected chi connectivity index (χ3v) is 3.67. The summed E-state index contributed by atoms with van der Waals surface area (Å²) in [4.78, 5) is 22.4. The molecule has 0 saturated heterocycles. The summed E-state index contributed by atoms with van der Waals surface area (Å²) in [5, 5.41) is 11.4. The van der Waals surface area contributed by atoms with Crippen LogP contribution in [0.3, 0.4) is 0 Å². The highest BCUT2D eigenvalue weighted by atomic mass is 79.9. The summed E-state index contributed by atoms with van der Waals surface area (Å²) in [5.41, 5.74) is 2.54. The summed E-state index contributed by atoms with van der Waals surface area (Å²) >= 11 is 3.36. The number of carbonyl (C=O) groups excluding carboxylic acids is 1. The molecule has 0 unspecified atom stereocenters. The Kier molecular flexibility index (Phi) is 6.11. The number of nitrogens with one attached hydrogen (secondary N) is 1. The molecule has 2 aromatic rings. The molecule has 0 saturated carbocycles. The van der Waals surface area contributed by atoms with E-state index in [1.165, 1.54) is 6.08 Å². The minimum Gasteiger partial charge on any atom is -0.481 e. The molecular formula is C18H16BrNO3. The van der Waals surface area contributed by atoms with Gasteiger partial charge in [-0.3, -0.25) is 9.59 Å². The Labute approximate surface area is 143 Å². The van der Waals surface area contributed by atoms with Crippen molar-refractivity contribution in [1.82, 2.24) is 0 Å². The van der Waals surface area contributed by atoms with Crippen molar-refractivity contribution in [2.24, 2.45) is 0 Å². The van der Waals surface area contributed by atoms with Gasteiger partial charge in [0.1, 0.15) is 0 Å². The lowest BCUT2D eigenvalue weighted by Crippen LogP contribution is -2.07. The van der Waals surface area contributed by atoms with E-state index in [0.29, 0.717) is 12.1 Å². The zero-order valence-corrected chi connectivity index (χ0v) is 13.9. The summed E-state index contributed by atoms with van der Waals surface area (Å²) in [6, 6.07) is 14.8. The SMILES string of the molecule is O=C(O)CCc1ccc(NC(=O)/C=C/c2ccc(Br)cc2)cc1. The number of anilines is 1. The Morgan fingerprint density at radius 1 is 1.04 bits per heavy atom. The van der Waals surface area contributed by atoms with Gasteiger partial charge in [0, 0.05) is 22.7 Å². The van der Waals surface area contributed by atoms with Gasteiger partial charge in [0.05, 0.1) is 0 Å². The van der Waals surface area contributed by atoms with Gasteiger partial charge in [-0.2, -0.15) is 0 Å². The number of halogens is 1. The highest BCUT2D eigenvalue weighted by Gasteiger charge is 2.01. The van der Waals surface area contributed by atoms with Crippen LogP contribution in [0.4, 0.5) is 5.69 Å². The lowest BCUT2D eigenvalue weighted by molar-refractivity contribution is -0.137. The molecule has 118 valence electrons. The van der Waals surface area contributed by atoms with E-state index in [0.717, 1.165) is 15.6 Å². The van der Waals surface area contributed by atoms with Crippen molar-refractivity contribution in [2.75, 3.05) is 5.32 Å². The topological polar surface area (TPSA) is 66.4 Å². The van der Waals surface area contributed by atoms with E-state index in [1.807, 2.05) is 36.4 Å². The molecule has 0 bridgehead atoms. The zero-order valence-electron chi connectivity index (χ0n) is 12.3. The quantitative estimate of drug-likeness (QED) is 0.748. The summed E-state index contributed by atoms with van der Waals surface area (Å²) in [6.45, 7) is 0. The molecule has 0 heterocycles. The van der Waals surface area contributed by atoms with Gasteiger partial charge in [0.2, 0.25) is 5.91 Å². The third kappa shape index (κ3) is 6.08. The molecule has 0 aliphatic carbocycles. The van der Waals surface area contributed by atoms with Crippen LogP contribution in [0.5, 0.6) is 0 Å². The summed E-state index contributed by atoms with van der Waals surface area (Å²) in [6.07, 6.45) is 3.79. The maximum atomic E-state index is 11.9. The second-order valence-electron chi connectivity index (χ2n) is 4.96. The van der Waals surface area contributed by atoms with Crippen LogP contribution in [-0.2, 0) is 16.0 Å². The number of carboxylic acids is 1. The van der Waals surface area contributed by atoms with Crippen molar-refractivity contribution in [3.63, 3.8) is 0 Å². The number of hydrogen-bond donors (Lipinski definition) is 2. The van der Waals surface area contributed by atoms with Gasteiger partial charge in [-0.1, -0.05) is 40.2 Å². The minimum atomic E-state index is -0.819. The fourth-order valence-corrected chi connectivity index (χ4v) is 2.20. The van der Waals surface area contributed by atoms with Crippen molar-refractivity contribution in [1.29, 1.82) is 0 Å². The van der Waals surface area contributed by atoms with Crippen LogP contribution in [0.15, 0.2) is 59.1 Å². The Morgan fingerprint density at radius 2 is 1.70 bits per heavy atom. The monoisotopic (exact) mass is 373 g/mol. The molecular weight excluding hydrogens is 358 g/mol. The van der Waals surface area contributed by atoms with Crippen molar-refractivity contribution in [3.8, 4) is 0 Å². The first-order chi connectivity index (χ1) is 11.0. The molecule has 2 rings (SSSR count). The van der Waals surface area contributed by atoms with E-state index in [9.17, 15) is 9.59 Å². The normalized spacial score (nSPS) is 10.7. The van der Waals surface area contributed by atoms with E-state index in [-0.39, 0.29) is 12.3 Å². The maximum absolute atomic E-state index is 11.9. The molecule has 0 radical (unpaired) electrons. The first kappa shape index (κ1) is 17.0. The number of rotatable bonds is 6. The van der Waals surface area contributed by atoms with Crippen LogP contribution in [0.1, 0.15) is 17.5 Å². The van der Waals surface area contributed by atoms with Crippen LogP contribution in [0.25, 0.3) is 6.08 Å². The number of aryl methyl sites for hydroxylation is 1. The van der Waals surface area contributed by atoms with Gasteiger partial charge in [-0.15, -0.1) is 0 Å². The first-order valence-corrected chi connectivity index (χ1v) is 7.87. The smallest absolute Gasteiger partial charge is 0.303 e. The van der Waals surface area contributed by atoms with Crippen LogP contribution in [-0.4, -0.2) is 17.0 Å². The average Bonchev–Trinajstić information content (AvgIpc) is 2.53. The molecule has 1 amide bonds. The highest BCUT2D eigenvalue weighted by Crippen LogP contribution is 2.13.